The lowest BCUT2D eigenvalue weighted by atomic mass is 10.1. The fraction of sp³-hybridized carbons (Fsp3) is 0.261. The maximum absolute atomic E-state index is 12.8. The number of anilines is 1. The van der Waals surface area contributed by atoms with E-state index < -0.39 is 12.1 Å². The van der Waals surface area contributed by atoms with Crippen molar-refractivity contribution < 1.29 is 14.3 Å². The van der Waals surface area contributed by atoms with Crippen molar-refractivity contribution in [3.63, 3.8) is 0 Å². The highest BCUT2D eigenvalue weighted by atomic mass is 16.5. The summed E-state index contributed by atoms with van der Waals surface area (Å²) in [6.07, 6.45) is 1.98. The van der Waals surface area contributed by atoms with E-state index in [1.54, 1.807) is 42.5 Å². The molecule has 0 saturated carbocycles. The Morgan fingerprint density at radius 2 is 1.86 bits per heavy atom. The van der Waals surface area contributed by atoms with Crippen LogP contribution in [-0.2, 0) is 9.53 Å². The van der Waals surface area contributed by atoms with E-state index >= 15 is 0 Å². The van der Waals surface area contributed by atoms with Gasteiger partial charge in [0.25, 0.3) is 5.91 Å². The van der Waals surface area contributed by atoms with Crippen LogP contribution in [0.1, 0.15) is 48.2 Å². The number of carbonyl (C=O) groups is 2. The van der Waals surface area contributed by atoms with Crippen molar-refractivity contribution in [2.75, 3.05) is 12.3 Å². The predicted molar refractivity (Wildman–Crippen MR) is 113 cm³/mol. The fourth-order valence-electron chi connectivity index (χ4n) is 3.02. The first kappa shape index (κ1) is 20.3. The van der Waals surface area contributed by atoms with E-state index in [1.165, 1.54) is 0 Å². The van der Waals surface area contributed by atoms with Gasteiger partial charge in [0, 0.05) is 17.5 Å². The maximum atomic E-state index is 12.8. The van der Waals surface area contributed by atoms with Crippen molar-refractivity contribution in [2.45, 2.75) is 32.3 Å². The van der Waals surface area contributed by atoms with Crippen LogP contribution in [0.5, 0.6) is 0 Å². The number of rotatable bonds is 8. The van der Waals surface area contributed by atoms with Gasteiger partial charge in [-0.2, -0.15) is 0 Å². The number of nitrogen functional groups attached to an aromatic ring is 1. The van der Waals surface area contributed by atoms with E-state index in [0.29, 0.717) is 29.0 Å². The number of fused-ring (bicyclic) bond motifs is 1. The molecule has 0 saturated heterocycles. The average molecular weight is 391 g/mol. The number of ether oxygens (including phenoxy) is 1. The van der Waals surface area contributed by atoms with Gasteiger partial charge >= 0.3 is 5.97 Å². The second-order valence-corrected chi connectivity index (χ2v) is 6.84. The van der Waals surface area contributed by atoms with Crippen LogP contribution in [0, 0.1) is 0 Å². The molecule has 6 heteroatoms. The first-order chi connectivity index (χ1) is 14.1. The molecule has 150 valence electrons. The van der Waals surface area contributed by atoms with Crippen molar-refractivity contribution in [1.82, 2.24) is 10.3 Å². The normalized spacial score (nSPS) is 11.8. The van der Waals surface area contributed by atoms with E-state index in [9.17, 15) is 9.59 Å². The SMILES string of the molecule is CCCCCNC(=O)C(OC(=O)c1ccc2nc(N)ccc2c1)c1ccccc1. The molecule has 1 amide bonds. The van der Waals surface area contributed by atoms with Crippen molar-refractivity contribution in [2.24, 2.45) is 0 Å². The lowest BCUT2D eigenvalue weighted by Crippen LogP contribution is -2.32. The smallest absolute Gasteiger partial charge is 0.339 e. The number of nitrogens with two attached hydrogens (primary N) is 1. The summed E-state index contributed by atoms with van der Waals surface area (Å²) < 4.78 is 5.62. The monoisotopic (exact) mass is 391 g/mol. The molecule has 2 aromatic carbocycles. The second-order valence-electron chi connectivity index (χ2n) is 6.84. The van der Waals surface area contributed by atoms with E-state index in [1.807, 2.05) is 18.2 Å². The third-order valence-electron chi connectivity index (χ3n) is 4.59. The van der Waals surface area contributed by atoms with Crippen molar-refractivity contribution in [3.8, 4) is 0 Å². The van der Waals surface area contributed by atoms with E-state index in [2.05, 4.69) is 17.2 Å². The highest BCUT2D eigenvalue weighted by Crippen LogP contribution is 2.22. The Hall–Kier alpha value is -3.41. The van der Waals surface area contributed by atoms with Gasteiger partial charge in [-0.1, -0.05) is 50.1 Å². The predicted octanol–water partition coefficient (Wildman–Crippen LogP) is 4.02. The summed E-state index contributed by atoms with van der Waals surface area (Å²) in [6, 6.07) is 17.5. The van der Waals surface area contributed by atoms with Crippen LogP contribution in [0.25, 0.3) is 10.9 Å². The Morgan fingerprint density at radius 1 is 1.07 bits per heavy atom. The molecule has 0 aliphatic carbocycles. The summed E-state index contributed by atoms with van der Waals surface area (Å²) in [5.41, 5.74) is 7.37. The van der Waals surface area contributed by atoms with Crippen molar-refractivity contribution in [1.29, 1.82) is 0 Å². The summed E-state index contributed by atoms with van der Waals surface area (Å²) >= 11 is 0. The van der Waals surface area contributed by atoms with E-state index in [-0.39, 0.29) is 5.91 Å². The molecule has 0 aliphatic heterocycles. The molecule has 0 spiro atoms. The van der Waals surface area contributed by atoms with Gasteiger partial charge in [0.1, 0.15) is 5.82 Å². The van der Waals surface area contributed by atoms with Gasteiger partial charge in [-0.25, -0.2) is 9.78 Å². The number of carbonyl (C=O) groups excluding carboxylic acids is 2. The highest BCUT2D eigenvalue weighted by Gasteiger charge is 2.25. The fourth-order valence-corrected chi connectivity index (χ4v) is 3.02. The molecule has 0 aliphatic rings. The van der Waals surface area contributed by atoms with Crippen molar-refractivity contribution in [3.05, 3.63) is 71.8 Å². The number of hydrogen-bond acceptors (Lipinski definition) is 5. The van der Waals surface area contributed by atoms with Gasteiger partial charge in [-0.3, -0.25) is 4.79 Å². The standard InChI is InChI=1S/C23H25N3O3/c1-2-3-7-14-25-22(27)21(16-8-5-4-6-9-16)29-23(28)18-10-12-19-17(15-18)11-13-20(24)26-19/h4-6,8-13,15,21H,2-3,7,14H2,1H3,(H2,24,26)(H,25,27). The van der Waals surface area contributed by atoms with Gasteiger partial charge < -0.3 is 15.8 Å². The first-order valence-corrected chi connectivity index (χ1v) is 9.78. The number of esters is 1. The number of hydrogen-bond donors (Lipinski definition) is 2. The Labute approximate surface area is 170 Å². The third-order valence-corrected chi connectivity index (χ3v) is 4.59. The largest absolute Gasteiger partial charge is 0.444 e. The van der Waals surface area contributed by atoms with Crippen LogP contribution in [0.4, 0.5) is 5.82 Å². The van der Waals surface area contributed by atoms with Gasteiger partial charge in [0.2, 0.25) is 6.10 Å². The Balaban J connectivity index is 1.78. The van der Waals surface area contributed by atoms with Crippen molar-refractivity contribution >= 4 is 28.6 Å². The zero-order valence-corrected chi connectivity index (χ0v) is 16.4. The molecule has 1 unspecified atom stereocenters. The molecule has 0 fully saturated rings. The Bertz CT molecular complexity index is 989. The van der Waals surface area contributed by atoms with Gasteiger partial charge in [0.05, 0.1) is 11.1 Å². The van der Waals surface area contributed by atoms with Crippen LogP contribution in [-0.4, -0.2) is 23.4 Å². The molecule has 1 aromatic heterocycles. The van der Waals surface area contributed by atoms with Crippen LogP contribution in [0.2, 0.25) is 0 Å². The van der Waals surface area contributed by atoms with Crippen LogP contribution >= 0.6 is 0 Å². The third kappa shape index (κ3) is 5.31. The average Bonchev–Trinajstić information content (AvgIpc) is 2.75. The number of unbranched alkanes of at least 4 members (excludes halogenated alkanes) is 2. The molecule has 3 N–H and O–H groups in total. The minimum atomic E-state index is -1.01. The number of aromatic nitrogens is 1. The van der Waals surface area contributed by atoms with E-state index in [4.69, 9.17) is 10.5 Å². The van der Waals surface area contributed by atoms with Crippen LogP contribution in [0.15, 0.2) is 60.7 Å². The van der Waals surface area contributed by atoms with Gasteiger partial charge in [-0.15, -0.1) is 0 Å². The number of amides is 1. The van der Waals surface area contributed by atoms with Crippen LogP contribution in [0.3, 0.4) is 0 Å². The summed E-state index contributed by atoms with van der Waals surface area (Å²) in [5, 5.41) is 3.64. The molecule has 0 radical (unpaired) electrons. The van der Waals surface area contributed by atoms with Crippen LogP contribution < -0.4 is 11.1 Å². The molecular weight excluding hydrogens is 366 g/mol. The quantitative estimate of drug-likeness (QED) is 0.447. The van der Waals surface area contributed by atoms with Gasteiger partial charge in [-0.05, 0) is 36.8 Å². The highest BCUT2D eigenvalue weighted by molar-refractivity contribution is 5.96. The molecule has 6 nitrogen and oxygen atoms in total. The Morgan fingerprint density at radius 3 is 2.62 bits per heavy atom. The number of benzene rings is 2. The number of nitrogens with zero attached hydrogens (tertiary/aromatic N) is 1. The summed E-state index contributed by atoms with van der Waals surface area (Å²) in [6.45, 7) is 2.65. The zero-order valence-electron chi connectivity index (χ0n) is 16.4. The zero-order chi connectivity index (χ0) is 20.6. The molecule has 1 heterocycles. The lowest BCUT2D eigenvalue weighted by molar-refractivity contribution is -0.130. The lowest BCUT2D eigenvalue weighted by Gasteiger charge is -2.18. The second kappa shape index (κ2) is 9.68. The van der Waals surface area contributed by atoms with E-state index in [0.717, 1.165) is 24.6 Å². The summed E-state index contributed by atoms with van der Waals surface area (Å²) in [7, 11) is 0. The topological polar surface area (TPSA) is 94.3 Å². The number of pyridine rings is 1. The molecule has 0 bridgehead atoms. The maximum Gasteiger partial charge on any atom is 0.339 e. The molecule has 1 atom stereocenters. The molecule has 3 rings (SSSR count). The minimum absolute atomic E-state index is 0.323. The van der Waals surface area contributed by atoms with Gasteiger partial charge in [0.15, 0.2) is 0 Å². The first-order valence-electron chi connectivity index (χ1n) is 9.78. The molecule has 3 aromatic rings. The Kier molecular flexibility index (Phi) is 6.79. The molecular formula is C23H25N3O3. The summed E-state index contributed by atoms with van der Waals surface area (Å²) in [4.78, 5) is 29.7. The number of nitrogens with one attached hydrogen (secondary N) is 1. The molecule has 29 heavy (non-hydrogen) atoms. The minimum Gasteiger partial charge on any atom is -0.444 e. The summed E-state index contributed by atoms with van der Waals surface area (Å²) in [5.74, 6) is -0.478.